The Kier molecular flexibility index (Phi) is 5.67. The van der Waals surface area contributed by atoms with Crippen LogP contribution in [0.5, 0.6) is 0 Å². The number of amides is 1. The van der Waals surface area contributed by atoms with Gasteiger partial charge in [0.15, 0.2) is 0 Å². The van der Waals surface area contributed by atoms with E-state index < -0.39 is 47.5 Å². The Balaban J connectivity index is 2.58. The second-order valence-corrected chi connectivity index (χ2v) is 6.62. The monoisotopic (exact) mass is 408 g/mol. The van der Waals surface area contributed by atoms with Crippen molar-refractivity contribution in [2.75, 3.05) is 5.73 Å². The molecular formula is C17H18F6N4O. The standard InChI is InChI=1S/C17H18F6N4O/c1-8(2)13(9-3-5-10(6-4-9)17(21,22)23)27-14(24)12(15(25)28)11(26-27)7-16(18,19)20/h3-6,8,13H,7,24H2,1-2H3,(H2,25,28). The molecule has 0 aliphatic carbocycles. The van der Waals surface area contributed by atoms with Crippen LogP contribution in [0.4, 0.5) is 32.2 Å². The summed E-state index contributed by atoms with van der Waals surface area (Å²) in [5.41, 5.74) is 9.31. The number of alkyl halides is 6. The molecule has 28 heavy (non-hydrogen) atoms. The van der Waals surface area contributed by atoms with Crippen LogP contribution in [0.2, 0.25) is 0 Å². The smallest absolute Gasteiger partial charge is 0.383 e. The molecule has 0 aliphatic rings. The SMILES string of the molecule is CC(C)C(c1ccc(C(F)(F)F)cc1)n1nc(CC(F)(F)F)c(C(N)=O)c1N. The molecule has 1 atom stereocenters. The minimum Gasteiger partial charge on any atom is -0.383 e. The van der Waals surface area contributed by atoms with Gasteiger partial charge in [-0.25, -0.2) is 4.68 Å². The van der Waals surface area contributed by atoms with Crippen molar-refractivity contribution in [1.82, 2.24) is 9.78 Å². The third kappa shape index (κ3) is 4.57. The second kappa shape index (κ2) is 7.36. The molecule has 0 radical (unpaired) electrons. The highest BCUT2D eigenvalue weighted by Gasteiger charge is 2.35. The first-order chi connectivity index (χ1) is 12.7. The molecule has 0 fully saturated rings. The van der Waals surface area contributed by atoms with Crippen LogP contribution in [0.25, 0.3) is 0 Å². The zero-order valence-electron chi connectivity index (χ0n) is 14.9. The van der Waals surface area contributed by atoms with Crippen LogP contribution in [-0.4, -0.2) is 21.9 Å². The summed E-state index contributed by atoms with van der Waals surface area (Å²) in [6, 6.07) is 3.30. The summed E-state index contributed by atoms with van der Waals surface area (Å²) in [5.74, 6) is -1.86. The number of hydrogen-bond acceptors (Lipinski definition) is 3. The van der Waals surface area contributed by atoms with Gasteiger partial charge < -0.3 is 11.5 Å². The molecule has 1 heterocycles. The summed E-state index contributed by atoms with van der Waals surface area (Å²) in [4.78, 5) is 11.6. The quantitative estimate of drug-likeness (QED) is 0.735. The van der Waals surface area contributed by atoms with Crippen LogP contribution in [-0.2, 0) is 12.6 Å². The number of rotatable bonds is 5. The molecular weight excluding hydrogens is 390 g/mol. The van der Waals surface area contributed by atoms with Gasteiger partial charge in [0.25, 0.3) is 5.91 Å². The number of nitrogens with zero attached hydrogens (tertiary/aromatic N) is 2. The number of hydrogen-bond donors (Lipinski definition) is 2. The van der Waals surface area contributed by atoms with Gasteiger partial charge >= 0.3 is 12.4 Å². The third-order valence-electron chi connectivity index (χ3n) is 4.11. The first-order valence-electron chi connectivity index (χ1n) is 8.13. The summed E-state index contributed by atoms with van der Waals surface area (Å²) in [6.45, 7) is 3.38. The number of primary amides is 1. The summed E-state index contributed by atoms with van der Waals surface area (Å²) in [7, 11) is 0. The fourth-order valence-corrected chi connectivity index (χ4v) is 2.97. The lowest BCUT2D eigenvalue weighted by molar-refractivity contribution is -0.137. The highest BCUT2D eigenvalue weighted by atomic mass is 19.4. The summed E-state index contributed by atoms with van der Waals surface area (Å²) in [6.07, 6.45) is -10.7. The van der Waals surface area contributed by atoms with Crippen molar-refractivity contribution in [3.63, 3.8) is 0 Å². The van der Waals surface area contributed by atoms with Gasteiger partial charge in [-0.1, -0.05) is 26.0 Å². The summed E-state index contributed by atoms with van der Waals surface area (Å²) >= 11 is 0. The largest absolute Gasteiger partial charge is 0.416 e. The maximum absolute atomic E-state index is 12.8. The highest BCUT2D eigenvalue weighted by molar-refractivity contribution is 5.98. The molecule has 154 valence electrons. The number of nitrogens with two attached hydrogens (primary N) is 2. The summed E-state index contributed by atoms with van der Waals surface area (Å²) < 4.78 is 77.8. The van der Waals surface area contributed by atoms with Crippen molar-refractivity contribution in [2.24, 2.45) is 11.7 Å². The lowest BCUT2D eigenvalue weighted by Gasteiger charge is -2.23. The van der Waals surface area contributed by atoms with Crippen molar-refractivity contribution < 1.29 is 31.1 Å². The van der Waals surface area contributed by atoms with E-state index in [4.69, 9.17) is 11.5 Å². The van der Waals surface area contributed by atoms with Crippen LogP contribution in [0.3, 0.4) is 0 Å². The number of carbonyl (C=O) groups is 1. The topological polar surface area (TPSA) is 86.9 Å². The average Bonchev–Trinajstić information content (AvgIpc) is 2.81. The van der Waals surface area contributed by atoms with Crippen molar-refractivity contribution in [3.05, 3.63) is 46.6 Å². The molecule has 11 heteroatoms. The third-order valence-corrected chi connectivity index (χ3v) is 4.11. The predicted octanol–water partition coefficient (Wildman–Crippen LogP) is 3.93. The number of carbonyl (C=O) groups excluding carboxylic acids is 1. The van der Waals surface area contributed by atoms with E-state index in [9.17, 15) is 31.1 Å². The predicted molar refractivity (Wildman–Crippen MR) is 89.3 cm³/mol. The number of anilines is 1. The Hall–Kier alpha value is -2.72. The maximum atomic E-state index is 12.8. The molecule has 0 bridgehead atoms. The van der Waals surface area contributed by atoms with Gasteiger partial charge in [0, 0.05) is 0 Å². The van der Waals surface area contributed by atoms with Crippen LogP contribution < -0.4 is 11.5 Å². The average molecular weight is 408 g/mol. The van der Waals surface area contributed by atoms with E-state index >= 15 is 0 Å². The molecule has 0 aliphatic heterocycles. The molecule has 2 rings (SSSR count). The van der Waals surface area contributed by atoms with E-state index in [1.807, 2.05) is 0 Å². The van der Waals surface area contributed by atoms with Crippen molar-refractivity contribution in [3.8, 4) is 0 Å². The van der Waals surface area contributed by atoms with Gasteiger partial charge in [0.05, 0.1) is 23.7 Å². The maximum Gasteiger partial charge on any atom is 0.416 e. The Morgan fingerprint density at radius 2 is 1.64 bits per heavy atom. The van der Waals surface area contributed by atoms with Crippen molar-refractivity contribution in [1.29, 1.82) is 0 Å². The second-order valence-electron chi connectivity index (χ2n) is 6.62. The van der Waals surface area contributed by atoms with Crippen LogP contribution in [0.1, 0.15) is 47.1 Å². The summed E-state index contributed by atoms with van der Waals surface area (Å²) in [5, 5.41) is 3.83. The molecule has 0 saturated carbocycles. The minimum absolute atomic E-state index is 0.321. The van der Waals surface area contributed by atoms with E-state index in [0.717, 1.165) is 16.8 Å². The Morgan fingerprint density at radius 1 is 1.11 bits per heavy atom. The fraction of sp³-hybridized carbons (Fsp3) is 0.412. The first-order valence-corrected chi connectivity index (χ1v) is 8.13. The molecule has 1 amide bonds. The number of benzene rings is 1. The Labute approximate surface area is 156 Å². The van der Waals surface area contributed by atoms with E-state index in [-0.39, 0.29) is 11.7 Å². The van der Waals surface area contributed by atoms with E-state index in [0.29, 0.717) is 5.56 Å². The van der Waals surface area contributed by atoms with Gasteiger partial charge in [-0.3, -0.25) is 4.79 Å². The van der Waals surface area contributed by atoms with Gasteiger partial charge in [-0.05, 0) is 23.6 Å². The molecule has 5 nitrogen and oxygen atoms in total. The van der Waals surface area contributed by atoms with Gasteiger partial charge in [-0.2, -0.15) is 31.4 Å². The fourth-order valence-electron chi connectivity index (χ4n) is 2.97. The lowest BCUT2D eigenvalue weighted by atomic mass is 9.95. The number of aromatic nitrogens is 2. The van der Waals surface area contributed by atoms with E-state index in [1.54, 1.807) is 13.8 Å². The Morgan fingerprint density at radius 3 is 2.04 bits per heavy atom. The van der Waals surface area contributed by atoms with Crippen LogP contribution >= 0.6 is 0 Å². The van der Waals surface area contributed by atoms with Crippen molar-refractivity contribution in [2.45, 2.75) is 38.7 Å². The molecule has 1 unspecified atom stereocenters. The molecule has 0 saturated heterocycles. The van der Waals surface area contributed by atoms with Crippen LogP contribution in [0.15, 0.2) is 24.3 Å². The minimum atomic E-state index is -4.66. The Bertz CT molecular complexity index is 852. The number of halogens is 6. The normalized spacial score (nSPS) is 13.8. The van der Waals surface area contributed by atoms with E-state index in [1.165, 1.54) is 12.1 Å². The van der Waals surface area contributed by atoms with Crippen LogP contribution in [0, 0.1) is 5.92 Å². The van der Waals surface area contributed by atoms with Crippen molar-refractivity contribution >= 4 is 11.7 Å². The lowest BCUT2D eigenvalue weighted by Crippen LogP contribution is -2.21. The van der Waals surface area contributed by atoms with Gasteiger partial charge in [0.1, 0.15) is 11.4 Å². The zero-order valence-corrected chi connectivity index (χ0v) is 14.9. The highest BCUT2D eigenvalue weighted by Crippen LogP contribution is 2.35. The molecule has 1 aromatic carbocycles. The molecule has 4 N–H and O–H groups in total. The van der Waals surface area contributed by atoms with Gasteiger partial charge in [-0.15, -0.1) is 0 Å². The molecule has 2 aromatic rings. The van der Waals surface area contributed by atoms with Gasteiger partial charge in [0.2, 0.25) is 0 Å². The number of nitrogen functional groups attached to an aromatic ring is 1. The molecule has 1 aromatic heterocycles. The first kappa shape index (κ1) is 21.6. The zero-order chi connectivity index (χ0) is 21.4. The van der Waals surface area contributed by atoms with E-state index in [2.05, 4.69) is 5.10 Å². The molecule has 0 spiro atoms.